The normalized spacial score (nSPS) is 14.6. The Morgan fingerprint density at radius 3 is 1.79 bits per heavy atom. The summed E-state index contributed by atoms with van der Waals surface area (Å²) in [6.45, 7) is 17.1. The topological polar surface area (TPSA) is 20.2 Å². The first-order valence-electron chi connectivity index (χ1n) is 7.26. The van der Waals surface area contributed by atoms with Crippen LogP contribution >= 0.6 is 0 Å². The molecule has 0 aliphatic carbocycles. The molecule has 0 aliphatic rings. The van der Waals surface area contributed by atoms with Crippen molar-refractivity contribution < 1.29 is 5.11 Å². The van der Waals surface area contributed by atoms with E-state index in [2.05, 4.69) is 53.7 Å². The van der Waals surface area contributed by atoms with Gasteiger partial charge in [0.25, 0.3) is 0 Å². The second-order valence-corrected chi connectivity index (χ2v) is 7.37. The van der Waals surface area contributed by atoms with Gasteiger partial charge in [-0.15, -0.1) is 0 Å². The fourth-order valence-corrected chi connectivity index (χ4v) is 2.70. The van der Waals surface area contributed by atoms with E-state index in [-0.39, 0.29) is 5.41 Å². The molecule has 1 unspecified atom stereocenters. The molecular formula is C18H30O. The summed E-state index contributed by atoms with van der Waals surface area (Å²) in [5.74, 6) is 0.425. The highest BCUT2D eigenvalue weighted by atomic mass is 16.3. The van der Waals surface area contributed by atoms with Gasteiger partial charge in [0.05, 0.1) is 5.60 Å². The first kappa shape index (κ1) is 16.2. The fourth-order valence-electron chi connectivity index (χ4n) is 2.70. The number of benzene rings is 1. The van der Waals surface area contributed by atoms with Crippen LogP contribution < -0.4 is 0 Å². The number of aliphatic hydroxyl groups is 1. The van der Waals surface area contributed by atoms with E-state index >= 15 is 0 Å². The van der Waals surface area contributed by atoms with Crippen molar-refractivity contribution in [2.24, 2.45) is 5.92 Å². The van der Waals surface area contributed by atoms with E-state index in [1.54, 1.807) is 0 Å². The van der Waals surface area contributed by atoms with Crippen molar-refractivity contribution in [1.29, 1.82) is 0 Å². The predicted molar refractivity (Wildman–Crippen MR) is 83.8 cm³/mol. The molecule has 0 bridgehead atoms. The molecule has 19 heavy (non-hydrogen) atoms. The maximum atomic E-state index is 10.1. The lowest BCUT2D eigenvalue weighted by atomic mass is 9.70. The van der Waals surface area contributed by atoms with Gasteiger partial charge in [-0.2, -0.15) is 0 Å². The third kappa shape index (κ3) is 3.82. The smallest absolute Gasteiger partial charge is 0.0594 e. The summed E-state index contributed by atoms with van der Waals surface area (Å²) in [6, 6.07) is 4.62. The van der Waals surface area contributed by atoms with Gasteiger partial charge >= 0.3 is 0 Å². The highest BCUT2D eigenvalue weighted by Crippen LogP contribution is 2.37. The third-order valence-electron chi connectivity index (χ3n) is 4.71. The van der Waals surface area contributed by atoms with Gasteiger partial charge in [-0.25, -0.2) is 0 Å². The van der Waals surface area contributed by atoms with Gasteiger partial charge in [-0.1, -0.05) is 32.9 Å². The van der Waals surface area contributed by atoms with Gasteiger partial charge in [0, 0.05) is 0 Å². The van der Waals surface area contributed by atoms with Crippen LogP contribution in [0.1, 0.15) is 63.3 Å². The molecule has 1 heteroatoms. The average Bonchev–Trinajstić information content (AvgIpc) is 2.22. The molecule has 0 amide bonds. The number of hydrogen-bond acceptors (Lipinski definition) is 1. The van der Waals surface area contributed by atoms with Gasteiger partial charge in [-0.05, 0) is 74.6 Å². The Morgan fingerprint density at radius 2 is 1.42 bits per heavy atom. The summed E-state index contributed by atoms with van der Waals surface area (Å²) in [4.78, 5) is 0. The van der Waals surface area contributed by atoms with Crippen LogP contribution in [0.25, 0.3) is 0 Å². The molecule has 0 radical (unpaired) electrons. The van der Waals surface area contributed by atoms with Gasteiger partial charge in [-0.3, -0.25) is 0 Å². The summed E-state index contributed by atoms with van der Waals surface area (Å²) in [6.07, 6.45) is 0.811. The van der Waals surface area contributed by atoms with Crippen molar-refractivity contribution in [3.8, 4) is 0 Å². The van der Waals surface area contributed by atoms with Crippen molar-refractivity contribution in [3.05, 3.63) is 34.4 Å². The Balaban J connectivity index is 3.13. The van der Waals surface area contributed by atoms with Gasteiger partial charge in [0.15, 0.2) is 0 Å². The molecule has 1 nitrogen and oxygen atoms in total. The summed E-state index contributed by atoms with van der Waals surface area (Å²) in [5, 5.41) is 10.1. The van der Waals surface area contributed by atoms with Gasteiger partial charge < -0.3 is 5.11 Å². The Hall–Kier alpha value is -0.820. The van der Waals surface area contributed by atoms with Gasteiger partial charge in [0.2, 0.25) is 0 Å². The van der Waals surface area contributed by atoms with Crippen LogP contribution in [0.15, 0.2) is 12.1 Å². The summed E-state index contributed by atoms with van der Waals surface area (Å²) < 4.78 is 0. The van der Waals surface area contributed by atoms with E-state index in [1.165, 1.54) is 22.3 Å². The SMILES string of the molecule is Cc1cc(C(C)(C)C(C)CC(C)(C)O)cc(C)c1C. The molecule has 0 spiro atoms. The van der Waals surface area contributed by atoms with Crippen LogP contribution in [0, 0.1) is 26.7 Å². The van der Waals surface area contributed by atoms with Crippen molar-refractivity contribution in [1.82, 2.24) is 0 Å². The average molecular weight is 262 g/mol. The lowest BCUT2D eigenvalue weighted by Crippen LogP contribution is -2.33. The van der Waals surface area contributed by atoms with Crippen LogP contribution in [0.3, 0.4) is 0 Å². The molecule has 1 N–H and O–H groups in total. The number of hydrogen-bond donors (Lipinski definition) is 1. The molecule has 0 fully saturated rings. The minimum Gasteiger partial charge on any atom is -0.390 e. The summed E-state index contributed by atoms with van der Waals surface area (Å²) >= 11 is 0. The van der Waals surface area contributed by atoms with Crippen LogP contribution in [-0.2, 0) is 5.41 Å². The Kier molecular flexibility index (Phi) is 4.51. The molecule has 1 aromatic rings. The molecular weight excluding hydrogens is 232 g/mol. The molecule has 0 heterocycles. The lowest BCUT2D eigenvalue weighted by molar-refractivity contribution is 0.0430. The van der Waals surface area contributed by atoms with Crippen molar-refractivity contribution >= 4 is 0 Å². The molecule has 0 saturated carbocycles. The van der Waals surface area contributed by atoms with Crippen molar-refractivity contribution in [2.75, 3.05) is 0 Å². The van der Waals surface area contributed by atoms with Crippen LogP contribution in [0.5, 0.6) is 0 Å². The van der Waals surface area contributed by atoms with E-state index in [1.807, 2.05) is 13.8 Å². The maximum Gasteiger partial charge on any atom is 0.0594 e. The summed E-state index contributed by atoms with van der Waals surface area (Å²) in [7, 11) is 0. The molecule has 1 rings (SSSR count). The number of rotatable bonds is 4. The second kappa shape index (κ2) is 5.28. The highest BCUT2D eigenvalue weighted by Gasteiger charge is 2.32. The largest absolute Gasteiger partial charge is 0.390 e. The molecule has 0 aliphatic heterocycles. The van der Waals surface area contributed by atoms with E-state index in [4.69, 9.17) is 0 Å². The maximum absolute atomic E-state index is 10.1. The summed E-state index contributed by atoms with van der Waals surface area (Å²) in [5.41, 5.74) is 4.95. The third-order valence-corrected chi connectivity index (χ3v) is 4.71. The molecule has 108 valence electrons. The van der Waals surface area contributed by atoms with E-state index in [0.717, 1.165) is 6.42 Å². The van der Waals surface area contributed by atoms with Crippen LogP contribution in [0.2, 0.25) is 0 Å². The van der Waals surface area contributed by atoms with Crippen LogP contribution in [-0.4, -0.2) is 10.7 Å². The van der Waals surface area contributed by atoms with Crippen LogP contribution in [0.4, 0.5) is 0 Å². The van der Waals surface area contributed by atoms with Crippen molar-refractivity contribution in [3.63, 3.8) is 0 Å². The van der Waals surface area contributed by atoms with Crippen molar-refractivity contribution in [2.45, 2.75) is 72.8 Å². The van der Waals surface area contributed by atoms with E-state index < -0.39 is 5.60 Å². The minimum absolute atomic E-state index is 0.0726. The lowest BCUT2D eigenvalue weighted by Gasteiger charge is -2.36. The number of aryl methyl sites for hydroxylation is 2. The highest BCUT2D eigenvalue weighted by molar-refractivity contribution is 5.40. The standard InChI is InChI=1S/C18H30O/c1-12-9-16(10-13(2)15(12)4)18(7,8)14(3)11-17(5,6)19/h9-10,14,19H,11H2,1-8H3. The quantitative estimate of drug-likeness (QED) is 0.835. The Morgan fingerprint density at radius 1 is 1.00 bits per heavy atom. The zero-order chi connectivity index (χ0) is 15.0. The van der Waals surface area contributed by atoms with E-state index in [0.29, 0.717) is 5.92 Å². The molecule has 0 aromatic heterocycles. The Labute approximate surface area is 119 Å². The minimum atomic E-state index is -0.606. The molecule has 1 aromatic carbocycles. The molecule has 1 atom stereocenters. The van der Waals surface area contributed by atoms with E-state index in [9.17, 15) is 5.11 Å². The monoisotopic (exact) mass is 262 g/mol. The first-order valence-corrected chi connectivity index (χ1v) is 7.26. The zero-order valence-corrected chi connectivity index (χ0v) is 13.9. The fraction of sp³-hybridized carbons (Fsp3) is 0.667. The zero-order valence-electron chi connectivity index (χ0n) is 13.9. The predicted octanol–water partition coefficient (Wildman–Crippen LogP) is 4.69. The van der Waals surface area contributed by atoms with Gasteiger partial charge in [0.1, 0.15) is 0 Å². The molecule has 0 saturated heterocycles. The Bertz CT molecular complexity index is 426. The first-order chi connectivity index (χ1) is 8.45. The second-order valence-electron chi connectivity index (χ2n) is 7.37.